The van der Waals surface area contributed by atoms with Gasteiger partial charge in [0.05, 0.1) is 18.3 Å². The molecule has 4 rings (SSSR count). The number of rotatable bonds is 4. The number of hydrogen-bond donors (Lipinski definition) is 0. The number of halogens is 2. The summed E-state index contributed by atoms with van der Waals surface area (Å²) in [5.41, 5.74) is -0.412. The minimum atomic E-state index is -1.24. The van der Waals surface area contributed by atoms with Gasteiger partial charge in [0.15, 0.2) is 5.78 Å². The molecule has 0 aromatic heterocycles. The van der Waals surface area contributed by atoms with Gasteiger partial charge in [-0.3, -0.25) is 4.79 Å². The highest BCUT2D eigenvalue weighted by Crippen LogP contribution is 2.49. The standard InChI is InChI=1S/C26H26ClFO4/c1-25(2)21(24(30)31-5)20(23(29)26(3,4)32-25)19-17(14-6-7-14)12-13-18(22(19)28)15-8-10-16(27)11-9-15/h8-14H,6-7H2,1-5H3. The molecule has 0 amide bonds. The van der Waals surface area contributed by atoms with E-state index in [0.29, 0.717) is 16.1 Å². The van der Waals surface area contributed by atoms with Gasteiger partial charge in [-0.2, -0.15) is 0 Å². The van der Waals surface area contributed by atoms with Crippen molar-refractivity contribution in [2.24, 2.45) is 0 Å². The Morgan fingerprint density at radius 1 is 1.06 bits per heavy atom. The van der Waals surface area contributed by atoms with E-state index >= 15 is 4.39 Å². The van der Waals surface area contributed by atoms with Crippen LogP contribution in [0.2, 0.25) is 5.02 Å². The van der Waals surface area contributed by atoms with Crippen LogP contribution in [-0.4, -0.2) is 30.1 Å². The fourth-order valence-electron chi connectivity index (χ4n) is 4.57. The van der Waals surface area contributed by atoms with E-state index in [0.717, 1.165) is 18.4 Å². The molecule has 0 bridgehead atoms. The molecule has 1 aliphatic heterocycles. The first-order chi connectivity index (χ1) is 15.0. The number of esters is 1. The quantitative estimate of drug-likeness (QED) is 0.521. The third-order valence-corrected chi connectivity index (χ3v) is 6.37. The molecule has 2 aromatic rings. The molecule has 1 aliphatic carbocycles. The van der Waals surface area contributed by atoms with Gasteiger partial charge in [-0.1, -0.05) is 35.9 Å². The summed E-state index contributed by atoms with van der Waals surface area (Å²) in [6.45, 7) is 6.68. The molecule has 1 heterocycles. The molecule has 32 heavy (non-hydrogen) atoms. The first kappa shape index (κ1) is 22.7. The number of carbonyl (C=O) groups excluding carboxylic acids is 2. The van der Waals surface area contributed by atoms with Crippen LogP contribution in [0.3, 0.4) is 0 Å². The highest BCUT2D eigenvalue weighted by Gasteiger charge is 2.50. The topological polar surface area (TPSA) is 52.6 Å². The van der Waals surface area contributed by atoms with Crippen molar-refractivity contribution >= 4 is 28.9 Å². The third-order valence-electron chi connectivity index (χ3n) is 6.12. The highest BCUT2D eigenvalue weighted by atomic mass is 35.5. The van der Waals surface area contributed by atoms with Gasteiger partial charge in [0.2, 0.25) is 0 Å². The summed E-state index contributed by atoms with van der Waals surface area (Å²) in [5, 5.41) is 0.544. The fraction of sp³-hybridized carbons (Fsp3) is 0.385. The van der Waals surface area contributed by atoms with Gasteiger partial charge in [-0.25, -0.2) is 9.18 Å². The van der Waals surface area contributed by atoms with E-state index in [1.165, 1.54) is 7.11 Å². The smallest absolute Gasteiger partial charge is 0.337 e. The van der Waals surface area contributed by atoms with Crippen LogP contribution in [0.25, 0.3) is 16.7 Å². The Balaban J connectivity index is 2.07. The molecule has 2 aromatic carbocycles. The van der Waals surface area contributed by atoms with Crippen LogP contribution in [0.5, 0.6) is 0 Å². The molecular formula is C26H26ClFO4. The van der Waals surface area contributed by atoms with E-state index in [1.54, 1.807) is 58.0 Å². The Kier molecular flexibility index (Phi) is 5.54. The van der Waals surface area contributed by atoms with E-state index in [4.69, 9.17) is 21.1 Å². The predicted octanol–water partition coefficient (Wildman–Crippen LogP) is 6.11. The van der Waals surface area contributed by atoms with Gasteiger partial charge in [0, 0.05) is 21.7 Å². The Labute approximate surface area is 192 Å². The number of methoxy groups -OCH3 is 1. The van der Waals surface area contributed by atoms with Crippen LogP contribution in [0.4, 0.5) is 4.39 Å². The zero-order chi connectivity index (χ0) is 23.4. The van der Waals surface area contributed by atoms with E-state index in [1.807, 2.05) is 6.07 Å². The molecule has 1 fully saturated rings. The minimum Gasteiger partial charge on any atom is -0.466 e. The van der Waals surface area contributed by atoms with E-state index in [-0.39, 0.29) is 22.6 Å². The molecule has 0 atom stereocenters. The summed E-state index contributed by atoms with van der Waals surface area (Å²) in [6.07, 6.45) is 1.82. The SMILES string of the molecule is COC(=O)C1=C(c2c(C3CC3)ccc(-c3ccc(Cl)cc3)c2F)C(=O)C(C)(C)OC1(C)C. The van der Waals surface area contributed by atoms with Crippen molar-refractivity contribution < 1.29 is 23.5 Å². The van der Waals surface area contributed by atoms with Gasteiger partial charge in [-0.15, -0.1) is 0 Å². The number of benzene rings is 2. The van der Waals surface area contributed by atoms with Crippen molar-refractivity contribution in [1.82, 2.24) is 0 Å². The average molecular weight is 457 g/mol. The predicted molar refractivity (Wildman–Crippen MR) is 122 cm³/mol. The Morgan fingerprint density at radius 2 is 1.69 bits per heavy atom. The molecule has 0 spiro atoms. The zero-order valence-electron chi connectivity index (χ0n) is 18.8. The normalized spacial score (nSPS) is 19.8. The van der Waals surface area contributed by atoms with E-state index in [9.17, 15) is 9.59 Å². The molecular weight excluding hydrogens is 431 g/mol. The lowest BCUT2D eigenvalue weighted by Crippen LogP contribution is -2.51. The van der Waals surface area contributed by atoms with Crippen molar-refractivity contribution in [2.75, 3.05) is 7.11 Å². The van der Waals surface area contributed by atoms with Crippen LogP contribution in [-0.2, 0) is 19.1 Å². The Hall–Kier alpha value is -2.50. The molecule has 0 unspecified atom stereocenters. The summed E-state index contributed by atoms with van der Waals surface area (Å²) < 4.78 is 27.3. The van der Waals surface area contributed by atoms with Crippen molar-refractivity contribution in [3.63, 3.8) is 0 Å². The maximum absolute atomic E-state index is 16.3. The minimum absolute atomic E-state index is 0.0402. The van der Waals surface area contributed by atoms with Crippen molar-refractivity contribution in [1.29, 1.82) is 0 Å². The molecule has 0 N–H and O–H groups in total. The molecule has 0 saturated heterocycles. The van der Waals surface area contributed by atoms with Crippen molar-refractivity contribution in [3.8, 4) is 11.1 Å². The summed E-state index contributed by atoms with van der Waals surface area (Å²) >= 11 is 6.01. The van der Waals surface area contributed by atoms with Crippen molar-refractivity contribution in [3.05, 3.63) is 63.9 Å². The van der Waals surface area contributed by atoms with E-state index < -0.39 is 28.8 Å². The third kappa shape index (κ3) is 3.78. The second kappa shape index (κ2) is 7.82. The maximum atomic E-state index is 16.3. The molecule has 2 aliphatic rings. The second-order valence-electron chi connectivity index (χ2n) is 9.37. The summed E-state index contributed by atoms with van der Waals surface area (Å²) in [7, 11) is 1.25. The maximum Gasteiger partial charge on any atom is 0.337 e. The summed E-state index contributed by atoms with van der Waals surface area (Å²) in [5.74, 6) is -1.53. The van der Waals surface area contributed by atoms with Gasteiger partial charge in [-0.05, 0) is 69.7 Å². The molecule has 6 heteroatoms. The molecule has 1 saturated carbocycles. The lowest BCUT2D eigenvalue weighted by molar-refractivity contribution is -0.159. The largest absolute Gasteiger partial charge is 0.466 e. The number of Topliss-reactive ketones (excluding diaryl/α,β-unsaturated/α-hetero) is 1. The van der Waals surface area contributed by atoms with Crippen LogP contribution >= 0.6 is 11.6 Å². The number of hydrogen-bond acceptors (Lipinski definition) is 4. The van der Waals surface area contributed by atoms with Gasteiger partial charge >= 0.3 is 5.97 Å². The lowest BCUT2D eigenvalue weighted by atomic mass is 9.76. The van der Waals surface area contributed by atoms with Crippen LogP contribution in [0.15, 0.2) is 42.0 Å². The zero-order valence-corrected chi connectivity index (χ0v) is 19.6. The molecule has 4 nitrogen and oxygen atoms in total. The molecule has 0 radical (unpaired) electrons. The lowest BCUT2D eigenvalue weighted by Gasteiger charge is -2.42. The van der Waals surface area contributed by atoms with Gasteiger partial charge in [0.25, 0.3) is 0 Å². The Morgan fingerprint density at radius 3 is 2.25 bits per heavy atom. The number of carbonyl (C=O) groups is 2. The second-order valence-corrected chi connectivity index (χ2v) is 9.80. The number of ether oxygens (including phenoxy) is 2. The number of ketones is 1. The first-order valence-corrected chi connectivity index (χ1v) is 11.0. The first-order valence-electron chi connectivity index (χ1n) is 10.6. The van der Waals surface area contributed by atoms with Crippen LogP contribution in [0.1, 0.15) is 57.6 Å². The highest BCUT2D eigenvalue weighted by molar-refractivity contribution is 6.31. The van der Waals surface area contributed by atoms with Gasteiger partial charge in [0.1, 0.15) is 11.4 Å². The van der Waals surface area contributed by atoms with Crippen LogP contribution in [0, 0.1) is 5.82 Å². The van der Waals surface area contributed by atoms with Gasteiger partial charge < -0.3 is 9.47 Å². The average Bonchev–Trinajstić information content (AvgIpc) is 3.55. The fourth-order valence-corrected chi connectivity index (χ4v) is 4.70. The van der Waals surface area contributed by atoms with Crippen molar-refractivity contribution in [2.45, 2.75) is 57.7 Å². The summed E-state index contributed by atoms with van der Waals surface area (Å²) in [6, 6.07) is 10.4. The van der Waals surface area contributed by atoms with Crippen LogP contribution < -0.4 is 0 Å². The summed E-state index contributed by atoms with van der Waals surface area (Å²) in [4.78, 5) is 26.5. The monoisotopic (exact) mass is 456 g/mol. The Bertz CT molecular complexity index is 1140. The molecule has 168 valence electrons. The van der Waals surface area contributed by atoms with E-state index in [2.05, 4.69) is 0 Å².